The first kappa shape index (κ1) is 8.27. The van der Waals surface area contributed by atoms with Crippen molar-refractivity contribution in [3.05, 3.63) is 34.7 Å². The summed E-state index contributed by atoms with van der Waals surface area (Å²) in [5, 5.41) is 4.58. The van der Waals surface area contributed by atoms with E-state index in [1.54, 1.807) is 0 Å². The molecule has 0 aliphatic rings. The minimum atomic E-state index is 0.955. The summed E-state index contributed by atoms with van der Waals surface area (Å²) in [7, 11) is 0. The third kappa shape index (κ3) is 1.19. The maximum atomic E-state index is 3.49. The van der Waals surface area contributed by atoms with Gasteiger partial charge in [0.1, 0.15) is 0 Å². The van der Waals surface area contributed by atoms with Crippen LogP contribution in [0.4, 0.5) is 0 Å². The van der Waals surface area contributed by atoms with Gasteiger partial charge >= 0.3 is 0 Å². The van der Waals surface area contributed by atoms with Crippen molar-refractivity contribution in [1.29, 1.82) is 0 Å². The highest BCUT2D eigenvalue weighted by Crippen LogP contribution is 2.29. The summed E-state index contributed by atoms with van der Waals surface area (Å²) in [6.07, 6.45) is 0. The lowest BCUT2D eigenvalue weighted by Crippen LogP contribution is -1.74. The van der Waals surface area contributed by atoms with Crippen LogP contribution in [0.5, 0.6) is 0 Å². The van der Waals surface area contributed by atoms with E-state index in [4.69, 9.17) is 0 Å². The molecule has 62 valence electrons. The molecule has 0 aliphatic heterocycles. The summed E-state index contributed by atoms with van der Waals surface area (Å²) in [6.45, 7) is 2.16. The summed E-state index contributed by atoms with van der Waals surface area (Å²) in [5.74, 6) is 0. The van der Waals surface area contributed by atoms with Crippen molar-refractivity contribution in [2.75, 3.05) is 0 Å². The molecule has 0 atom stereocenters. The molecule has 1 heterocycles. The minimum absolute atomic E-state index is 0.955. The van der Waals surface area contributed by atoms with Crippen LogP contribution in [0.25, 0.3) is 10.1 Å². The molecule has 1 aromatic heterocycles. The third-order valence-corrected chi connectivity index (χ3v) is 3.80. The van der Waals surface area contributed by atoms with E-state index in [1.165, 1.54) is 21.2 Å². The van der Waals surface area contributed by atoms with Crippen LogP contribution in [0.2, 0.25) is 0 Å². The Morgan fingerprint density at radius 1 is 1.42 bits per heavy atom. The van der Waals surface area contributed by atoms with Gasteiger partial charge in [0.25, 0.3) is 0 Å². The normalized spacial score (nSPS) is 10.8. The first-order chi connectivity index (χ1) is 5.83. The highest BCUT2D eigenvalue weighted by molar-refractivity contribution is 9.08. The Morgan fingerprint density at radius 2 is 2.25 bits per heavy atom. The third-order valence-electron chi connectivity index (χ3n) is 2.02. The zero-order chi connectivity index (χ0) is 8.55. The maximum Gasteiger partial charge on any atom is 0.0375 e. The van der Waals surface area contributed by atoms with Crippen LogP contribution in [0, 0.1) is 6.92 Å². The van der Waals surface area contributed by atoms with Gasteiger partial charge < -0.3 is 0 Å². The fraction of sp³-hybridized carbons (Fsp3) is 0.200. The molecule has 1 aromatic carbocycles. The molecule has 12 heavy (non-hydrogen) atoms. The van der Waals surface area contributed by atoms with E-state index in [0.29, 0.717) is 0 Å². The lowest BCUT2D eigenvalue weighted by atomic mass is 10.1. The van der Waals surface area contributed by atoms with E-state index in [9.17, 15) is 0 Å². The predicted octanol–water partition coefficient (Wildman–Crippen LogP) is 4.10. The molecule has 0 bridgehead atoms. The predicted molar refractivity (Wildman–Crippen MR) is 59.2 cm³/mol. The van der Waals surface area contributed by atoms with E-state index < -0.39 is 0 Å². The van der Waals surface area contributed by atoms with Crippen LogP contribution < -0.4 is 0 Å². The number of halogens is 1. The second-order valence-electron chi connectivity index (χ2n) is 2.85. The molecule has 0 fully saturated rings. The van der Waals surface area contributed by atoms with E-state index in [0.717, 1.165) is 5.33 Å². The summed E-state index contributed by atoms with van der Waals surface area (Å²) < 4.78 is 1.42. The Hall–Kier alpha value is -0.340. The van der Waals surface area contributed by atoms with Crippen molar-refractivity contribution in [2.45, 2.75) is 12.3 Å². The molecule has 0 spiro atoms. The van der Waals surface area contributed by atoms with E-state index in [-0.39, 0.29) is 0 Å². The molecule has 0 N–H and O–H groups in total. The zero-order valence-corrected chi connectivity index (χ0v) is 9.21. The Labute approximate surface area is 84.4 Å². The van der Waals surface area contributed by atoms with Gasteiger partial charge in [0.2, 0.25) is 0 Å². The maximum absolute atomic E-state index is 3.49. The van der Waals surface area contributed by atoms with Gasteiger partial charge in [-0.05, 0) is 28.8 Å². The highest BCUT2D eigenvalue weighted by atomic mass is 79.9. The van der Waals surface area contributed by atoms with Gasteiger partial charge in [-0.2, -0.15) is 0 Å². The van der Waals surface area contributed by atoms with Gasteiger partial charge in [-0.3, -0.25) is 0 Å². The first-order valence-electron chi connectivity index (χ1n) is 3.84. The molecule has 0 unspecified atom stereocenters. The Morgan fingerprint density at radius 3 is 3.00 bits per heavy atom. The fourth-order valence-corrected chi connectivity index (χ4v) is 3.09. The monoisotopic (exact) mass is 240 g/mol. The molecule has 2 heteroatoms. The molecule has 0 aliphatic carbocycles. The number of hydrogen-bond donors (Lipinski definition) is 0. The van der Waals surface area contributed by atoms with Crippen molar-refractivity contribution < 1.29 is 0 Å². The molecule has 2 aromatic rings. The number of benzene rings is 1. The van der Waals surface area contributed by atoms with Crippen molar-refractivity contribution in [3.8, 4) is 0 Å². The van der Waals surface area contributed by atoms with E-state index in [2.05, 4.69) is 46.4 Å². The largest absolute Gasteiger partial charge is 0.143 e. The standard InChI is InChI=1S/C10H9BrS/c1-7-3-2-4-9-8(5-11)6-12-10(7)9/h2-4,6H,5H2,1H3. The lowest BCUT2D eigenvalue weighted by Gasteiger charge is -1.95. The molecule has 0 saturated carbocycles. The van der Waals surface area contributed by atoms with Crippen molar-refractivity contribution >= 4 is 37.4 Å². The SMILES string of the molecule is Cc1cccc2c(CBr)csc12. The molecule has 2 rings (SSSR count). The fourth-order valence-electron chi connectivity index (χ4n) is 1.36. The molecule has 0 nitrogen and oxygen atoms in total. The van der Waals surface area contributed by atoms with Crippen molar-refractivity contribution in [2.24, 2.45) is 0 Å². The number of hydrogen-bond acceptors (Lipinski definition) is 1. The number of thiophene rings is 1. The summed E-state index contributed by atoms with van der Waals surface area (Å²) in [4.78, 5) is 0. The van der Waals surface area contributed by atoms with Gasteiger partial charge in [-0.15, -0.1) is 11.3 Å². The van der Waals surface area contributed by atoms with Gasteiger partial charge in [0.05, 0.1) is 0 Å². The minimum Gasteiger partial charge on any atom is -0.143 e. The quantitative estimate of drug-likeness (QED) is 0.659. The van der Waals surface area contributed by atoms with Crippen LogP contribution in [0.15, 0.2) is 23.6 Å². The number of alkyl halides is 1. The Kier molecular flexibility index (Phi) is 2.20. The highest BCUT2D eigenvalue weighted by Gasteiger charge is 2.03. The first-order valence-corrected chi connectivity index (χ1v) is 5.84. The van der Waals surface area contributed by atoms with Gasteiger partial charge in [-0.25, -0.2) is 0 Å². The van der Waals surface area contributed by atoms with Crippen LogP contribution in [0.1, 0.15) is 11.1 Å². The van der Waals surface area contributed by atoms with Gasteiger partial charge in [0, 0.05) is 10.0 Å². The number of rotatable bonds is 1. The molecular weight excluding hydrogens is 232 g/mol. The molecule has 0 saturated heterocycles. The molecule has 0 amide bonds. The van der Waals surface area contributed by atoms with Crippen LogP contribution in [-0.4, -0.2) is 0 Å². The lowest BCUT2D eigenvalue weighted by molar-refractivity contribution is 1.52. The average Bonchev–Trinajstić information content (AvgIpc) is 2.49. The second-order valence-corrected chi connectivity index (χ2v) is 4.29. The molecule has 0 radical (unpaired) electrons. The zero-order valence-electron chi connectivity index (χ0n) is 6.80. The van der Waals surface area contributed by atoms with Crippen molar-refractivity contribution in [3.63, 3.8) is 0 Å². The van der Waals surface area contributed by atoms with E-state index >= 15 is 0 Å². The summed E-state index contributed by atoms with van der Waals surface area (Å²) in [6, 6.07) is 6.48. The second kappa shape index (κ2) is 3.19. The van der Waals surface area contributed by atoms with Crippen LogP contribution in [-0.2, 0) is 5.33 Å². The number of fused-ring (bicyclic) bond motifs is 1. The van der Waals surface area contributed by atoms with Crippen molar-refractivity contribution in [1.82, 2.24) is 0 Å². The van der Waals surface area contributed by atoms with Gasteiger partial charge in [0.15, 0.2) is 0 Å². The summed E-state index contributed by atoms with van der Waals surface area (Å²) in [5.41, 5.74) is 2.78. The Bertz CT molecular complexity index is 403. The smallest absolute Gasteiger partial charge is 0.0375 e. The molecular formula is C10H9BrS. The van der Waals surface area contributed by atoms with E-state index in [1.807, 2.05) is 11.3 Å². The summed E-state index contributed by atoms with van der Waals surface area (Å²) >= 11 is 5.32. The Balaban J connectivity index is 2.80. The van der Waals surface area contributed by atoms with Crippen LogP contribution >= 0.6 is 27.3 Å². The van der Waals surface area contributed by atoms with Gasteiger partial charge in [-0.1, -0.05) is 34.1 Å². The topological polar surface area (TPSA) is 0 Å². The average molecular weight is 241 g/mol. The number of aryl methyl sites for hydroxylation is 1. The van der Waals surface area contributed by atoms with Crippen LogP contribution in [0.3, 0.4) is 0 Å².